The van der Waals surface area contributed by atoms with Crippen molar-refractivity contribution in [3.8, 4) is 0 Å². The van der Waals surface area contributed by atoms with Crippen molar-refractivity contribution in [3.05, 3.63) is 0 Å². The molecule has 0 saturated carbocycles. The molecule has 7 heavy (non-hydrogen) atoms. The van der Waals surface area contributed by atoms with Crippen LogP contribution < -0.4 is 0 Å². The van der Waals surface area contributed by atoms with Gasteiger partial charge < -0.3 is 0 Å². The minimum Gasteiger partial charge on any atom is -0.232 e. The number of hydrogen-bond acceptors (Lipinski definition) is 1. The first-order chi connectivity index (χ1) is 3.22. The van der Waals surface area contributed by atoms with Crippen LogP contribution in [0.4, 0.5) is 0 Å². The van der Waals surface area contributed by atoms with E-state index in [4.69, 9.17) is 12.2 Å². The Morgan fingerprint density at radius 3 is 2.43 bits per heavy atom. The van der Waals surface area contributed by atoms with Crippen LogP contribution in [0.5, 0.6) is 0 Å². The van der Waals surface area contributed by atoms with Crippen molar-refractivity contribution >= 4 is 23.7 Å². The quantitative estimate of drug-likeness (QED) is 0.321. The van der Waals surface area contributed by atoms with Crippen LogP contribution in [0.25, 0.3) is 0 Å². The first-order valence-corrected chi connectivity index (χ1v) is 2.47. The number of thiocarbonyl (C=S) groups is 1. The lowest BCUT2D eigenvalue weighted by atomic mass is 10.7. The van der Waals surface area contributed by atoms with Crippen LogP contribution in [0.15, 0.2) is 0 Å². The Bertz CT molecular complexity index is 139. The molecule has 0 radical (unpaired) electrons. The summed E-state index contributed by atoms with van der Waals surface area (Å²) in [7, 11) is 3.87. The van der Waals surface area contributed by atoms with Gasteiger partial charge in [-0.3, -0.25) is 0 Å². The summed E-state index contributed by atoms with van der Waals surface area (Å²) in [6.45, 7) is 0. The van der Waals surface area contributed by atoms with E-state index in [1.807, 2.05) is 29.9 Å². The average molecular weight is 115 g/mol. The standard InChI is InChI=1S/C4H7N2S/c1-5-3-6(2)4(5)7/h3H,1-2H3/q+1. The maximum absolute atomic E-state index is 4.85. The molecule has 0 aromatic carbocycles. The molecule has 0 N–H and O–H groups in total. The lowest BCUT2D eigenvalue weighted by Gasteiger charge is -2.18. The lowest BCUT2D eigenvalue weighted by molar-refractivity contribution is -0.401. The molecule has 1 aliphatic heterocycles. The molecule has 3 heteroatoms. The van der Waals surface area contributed by atoms with E-state index in [0.29, 0.717) is 0 Å². The molecule has 2 nitrogen and oxygen atoms in total. The van der Waals surface area contributed by atoms with Gasteiger partial charge in [-0.05, 0) is 12.2 Å². The van der Waals surface area contributed by atoms with E-state index < -0.39 is 0 Å². The van der Waals surface area contributed by atoms with Crippen molar-refractivity contribution in [1.29, 1.82) is 0 Å². The Kier molecular flexibility index (Phi) is 0.852. The molecule has 0 bridgehead atoms. The van der Waals surface area contributed by atoms with Crippen molar-refractivity contribution in [3.63, 3.8) is 0 Å². The van der Waals surface area contributed by atoms with E-state index in [0.717, 1.165) is 5.11 Å². The van der Waals surface area contributed by atoms with Gasteiger partial charge in [-0.2, -0.15) is 0 Å². The van der Waals surface area contributed by atoms with Gasteiger partial charge in [0.25, 0.3) is 5.11 Å². The van der Waals surface area contributed by atoms with Crippen LogP contribution in [-0.4, -0.2) is 35.0 Å². The predicted octanol–water partition coefficient (Wildman–Crippen LogP) is -0.113. The van der Waals surface area contributed by atoms with Gasteiger partial charge in [0, 0.05) is 0 Å². The summed E-state index contributed by atoms with van der Waals surface area (Å²) in [6, 6.07) is 0. The molecule has 1 heterocycles. The third-order valence-corrected chi connectivity index (χ3v) is 1.53. The van der Waals surface area contributed by atoms with E-state index in [1.165, 1.54) is 0 Å². The Balaban J connectivity index is 2.75. The van der Waals surface area contributed by atoms with Crippen LogP contribution in [0, 0.1) is 0 Å². The second-order valence-electron chi connectivity index (χ2n) is 1.62. The Morgan fingerprint density at radius 1 is 1.86 bits per heavy atom. The molecule has 0 aromatic heterocycles. The van der Waals surface area contributed by atoms with Crippen molar-refractivity contribution in [2.75, 3.05) is 14.1 Å². The maximum Gasteiger partial charge on any atom is 0.298 e. The Hall–Kier alpha value is -0.440. The van der Waals surface area contributed by atoms with Crippen LogP contribution in [0.3, 0.4) is 0 Å². The zero-order chi connectivity index (χ0) is 5.44. The van der Waals surface area contributed by atoms with Crippen LogP contribution >= 0.6 is 12.2 Å². The molecule has 0 aromatic rings. The van der Waals surface area contributed by atoms with E-state index in [1.54, 1.807) is 0 Å². The fourth-order valence-electron chi connectivity index (χ4n) is 0.551. The largest absolute Gasteiger partial charge is 0.298 e. The summed E-state index contributed by atoms with van der Waals surface area (Å²) in [5.74, 6) is 0. The monoisotopic (exact) mass is 115 g/mol. The molecular formula is C4H7N2S+. The number of hydrogen-bond donors (Lipinski definition) is 0. The fourth-order valence-corrected chi connectivity index (χ4v) is 0.646. The first kappa shape index (κ1) is 4.71. The zero-order valence-electron chi connectivity index (χ0n) is 4.38. The first-order valence-electron chi connectivity index (χ1n) is 2.06. The summed E-state index contributed by atoms with van der Waals surface area (Å²) in [4.78, 5) is 1.90. The summed E-state index contributed by atoms with van der Waals surface area (Å²) in [6.07, 6.45) is 1.93. The van der Waals surface area contributed by atoms with Crippen molar-refractivity contribution < 1.29 is 4.58 Å². The average Bonchev–Trinajstić information content (AvgIpc) is 1.68. The van der Waals surface area contributed by atoms with Crippen molar-refractivity contribution in [2.24, 2.45) is 0 Å². The van der Waals surface area contributed by atoms with Gasteiger partial charge >= 0.3 is 0 Å². The molecule has 0 saturated heterocycles. The SMILES string of the molecule is CN1C=[N+](C)C1=S. The van der Waals surface area contributed by atoms with Crippen molar-refractivity contribution in [1.82, 2.24) is 4.90 Å². The molecule has 0 spiro atoms. The minimum absolute atomic E-state index is 0.889. The van der Waals surface area contributed by atoms with Gasteiger partial charge in [-0.25, -0.2) is 9.48 Å². The third kappa shape index (κ3) is 0.527. The summed E-state index contributed by atoms with van der Waals surface area (Å²) in [5.41, 5.74) is 0. The van der Waals surface area contributed by atoms with Crippen LogP contribution in [-0.2, 0) is 0 Å². The van der Waals surface area contributed by atoms with Gasteiger partial charge in [0.2, 0.25) is 0 Å². The molecule has 0 aliphatic carbocycles. The molecule has 38 valence electrons. The highest BCUT2D eigenvalue weighted by Crippen LogP contribution is 1.92. The lowest BCUT2D eigenvalue weighted by Crippen LogP contribution is -2.45. The van der Waals surface area contributed by atoms with Crippen LogP contribution in [0.2, 0.25) is 0 Å². The van der Waals surface area contributed by atoms with E-state index in [2.05, 4.69) is 0 Å². The molecular weight excluding hydrogens is 108 g/mol. The molecule has 0 fully saturated rings. The van der Waals surface area contributed by atoms with E-state index in [-0.39, 0.29) is 0 Å². The second-order valence-corrected chi connectivity index (χ2v) is 1.99. The van der Waals surface area contributed by atoms with E-state index >= 15 is 0 Å². The number of nitrogens with zero attached hydrogens (tertiary/aromatic N) is 2. The number of rotatable bonds is 0. The topological polar surface area (TPSA) is 6.25 Å². The van der Waals surface area contributed by atoms with E-state index in [9.17, 15) is 0 Å². The van der Waals surface area contributed by atoms with Gasteiger partial charge in [-0.1, -0.05) is 0 Å². The predicted molar refractivity (Wildman–Crippen MR) is 32.6 cm³/mol. The maximum atomic E-state index is 4.85. The Morgan fingerprint density at radius 2 is 2.43 bits per heavy atom. The summed E-state index contributed by atoms with van der Waals surface area (Å²) < 4.78 is 1.90. The molecule has 1 rings (SSSR count). The van der Waals surface area contributed by atoms with Crippen molar-refractivity contribution in [2.45, 2.75) is 0 Å². The molecule has 0 amide bonds. The van der Waals surface area contributed by atoms with Gasteiger partial charge in [0.1, 0.15) is 0 Å². The smallest absolute Gasteiger partial charge is 0.232 e. The van der Waals surface area contributed by atoms with Crippen LogP contribution in [0.1, 0.15) is 0 Å². The highest BCUT2D eigenvalue weighted by Gasteiger charge is 2.19. The van der Waals surface area contributed by atoms with Gasteiger partial charge in [-0.15, -0.1) is 0 Å². The minimum atomic E-state index is 0.889. The summed E-state index contributed by atoms with van der Waals surface area (Å²) >= 11 is 4.85. The molecule has 0 unspecified atom stereocenters. The third-order valence-electron chi connectivity index (χ3n) is 0.950. The summed E-state index contributed by atoms with van der Waals surface area (Å²) in [5, 5.41) is 0.889. The molecule has 0 atom stereocenters. The normalized spacial score (nSPS) is 18.9. The Labute approximate surface area is 48.1 Å². The highest BCUT2D eigenvalue weighted by atomic mass is 32.1. The highest BCUT2D eigenvalue weighted by molar-refractivity contribution is 7.80. The zero-order valence-corrected chi connectivity index (χ0v) is 5.20. The van der Waals surface area contributed by atoms with Gasteiger partial charge in [0.05, 0.1) is 14.1 Å². The molecule has 1 aliphatic rings. The second kappa shape index (κ2) is 1.26. The fraction of sp³-hybridized carbons (Fsp3) is 0.500. The van der Waals surface area contributed by atoms with Gasteiger partial charge in [0.15, 0.2) is 6.34 Å².